The summed E-state index contributed by atoms with van der Waals surface area (Å²) < 4.78 is 5.26. The van der Waals surface area contributed by atoms with Crippen molar-refractivity contribution in [3.63, 3.8) is 0 Å². The quantitative estimate of drug-likeness (QED) is 0.121. The van der Waals surface area contributed by atoms with Crippen LogP contribution in [0.2, 0.25) is 0 Å². The Kier molecular flexibility index (Phi) is 16.9. The Morgan fingerprint density at radius 3 is 1.12 bits per heavy atom. The molecular weight excluding hydrogens is 1390 g/mol. The van der Waals surface area contributed by atoms with Gasteiger partial charge in [-0.05, 0) is 167 Å². The maximum Gasteiger partial charge on any atom is 0.160 e. The van der Waals surface area contributed by atoms with Gasteiger partial charge in [-0.15, -0.1) is 22.7 Å². The van der Waals surface area contributed by atoms with Crippen molar-refractivity contribution in [3.8, 4) is 146 Å². The summed E-state index contributed by atoms with van der Waals surface area (Å²) in [5.41, 5.74) is 28.8. The molecule has 21 rings (SSSR count). The van der Waals surface area contributed by atoms with Crippen LogP contribution >= 0.6 is 22.7 Å². The van der Waals surface area contributed by atoms with Crippen LogP contribution in [0.15, 0.2) is 377 Å². The van der Waals surface area contributed by atoms with Gasteiger partial charge in [-0.2, -0.15) is 0 Å². The van der Waals surface area contributed by atoms with E-state index in [0.29, 0.717) is 11.6 Å². The van der Waals surface area contributed by atoms with Gasteiger partial charge < -0.3 is 0 Å². The fourth-order valence-corrected chi connectivity index (χ4v) is 18.1. The number of benzene rings is 14. The van der Waals surface area contributed by atoms with E-state index in [2.05, 4.69) is 364 Å². The lowest BCUT2D eigenvalue weighted by molar-refractivity contribution is 0.660. The Morgan fingerprint density at radius 2 is 0.577 bits per heavy atom. The lowest BCUT2D eigenvalue weighted by Crippen LogP contribution is -2.14. The minimum Gasteiger partial charge on any atom is -0.264 e. The molecule has 0 N–H and O–H groups in total. The Labute approximate surface area is 651 Å². The first-order chi connectivity index (χ1) is 54.7. The number of hydrogen-bond acceptors (Lipinski definition) is 8. The van der Waals surface area contributed by atoms with Gasteiger partial charge >= 0.3 is 0 Å². The van der Waals surface area contributed by atoms with Crippen LogP contribution in [0.25, 0.3) is 197 Å². The molecule has 14 aromatic carbocycles. The summed E-state index contributed by atoms with van der Waals surface area (Å²) in [6, 6.07) is 126. The number of rotatable bonds is 12. The maximum absolute atomic E-state index is 5.21. The molecule has 6 nitrogen and oxygen atoms in total. The van der Waals surface area contributed by atoms with Crippen LogP contribution in [-0.4, -0.2) is 29.9 Å². The van der Waals surface area contributed by atoms with Crippen LogP contribution in [0.4, 0.5) is 0 Å². The van der Waals surface area contributed by atoms with Gasteiger partial charge in [0.2, 0.25) is 0 Å². The zero-order valence-electron chi connectivity index (χ0n) is 60.8. The Morgan fingerprint density at radius 1 is 0.216 bits per heavy atom. The van der Waals surface area contributed by atoms with Crippen LogP contribution in [0.1, 0.15) is 25.0 Å². The topological polar surface area (TPSA) is 77.3 Å². The van der Waals surface area contributed by atoms with Crippen LogP contribution in [-0.2, 0) is 5.41 Å². The van der Waals surface area contributed by atoms with Crippen molar-refractivity contribution < 1.29 is 0 Å². The van der Waals surface area contributed by atoms with Crippen molar-refractivity contribution >= 4 is 73.8 Å². The lowest BCUT2D eigenvalue weighted by Gasteiger charge is -2.22. The molecule has 111 heavy (non-hydrogen) atoms. The highest BCUT2D eigenvalue weighted by molar-refractivity contribution is 7.26. The average molecular weight is 1450 g/mol. The smallest absolute Gasteiger partial charge is 0.160 e. The van der Waals surface area contributed by atoms with Gasteiger partial charge in [-0.25, -0.2) is 19.9 Å². The van der Waals surface area contributed by atoms with E-state index < -0.39 is 0 Å². The lowest BCUT2D eigenvalue weighted by atomic mass is 9.81. The van der Waals surface area contributed by atoms with E-state index in [1.807, 2.05) is 47.2 Å². The maximum atomic E-state index is 5.21. The fraction of sp³-hybridized carbons (Fsp3) is 0.0291. The molecule has 0 bridgehead atoms. The number of fused-ring (bicyclic) bond motifs is 10. The normalized spacial score (nSPS) is 12.1. The van der Waals surface area contributed by atoms with Crippen LogP contribution < -0.4 is 0 Å². The molecule has 0 aliphatic heterocycles. The predicted molar refractivity (Wildman–Crippen MR) is 466 cm³/mol. The number of nitrogens with zero attached hydrogens (tertiary/aromatic N) is 6. The third-order valence-corrected chi connectivity index (χ3v) is 24.2. The van der Waals surface area contributed by atoms with Gasteiger partial charge in [0.1, 0.15) is 0 Å². The van der Waals surface area contributed by atoms with E-state index in [0.717, 1.165) is 78.4 Å². The number of pyridine rings is 2. The molecule has 0 saturated heterocycles. The van der Waals surface area contributed by atoms with Crippen molar-refractivity contribution in [2.75, 3.05) is 0 Å². The molecule has 0 saturated carbocycles. The second-order valence-corrected chi connectivity index (χ2v) is 31.1. The zero-order chi connectivity index (χ0) is 73.9. The van der Waals surface area contributed by atoms with Crippen LogP contribution in [0.3, 0.4) is 0 Å². The second-order valence-electron chi connectivity index (χ2n) is 29.0. The third kappa shape index (κ3) is 12.7. The van der Waals surface area contributed by atoms with E-state index >= 15 is 0 Å². The molecule has 0 atom stereocenters. The number of hydrogen-bond donors (Lipinski definition) is 0. The first kappa shape index (κ1) is 66.7. The van der Waals surface area contributed by atoms with E-state index in [9.17, 15) is 0 Å². The largest absolute Gasteiger partial charge is 0.264 e. The van der Waals surface area contributed by atoms with Gasteiger partial charge in [0, 0.05) is 109 Å². The molecule has 0 amide bonds. The van der Waals surface area contributed by atoms with Crippen molar-refractivity contribution in [2.24, 2.45) is 0 Å². The summed E-state index contributed by atoms with van der Waals surface area (Å²) in [7, 11) is 0. The second kappa shape index (κ2) is 28.1. The molecule has 1 aliphatic carbocycles. The fourth-order valence-electron chi connectivity index (χ4n) is 16.0. The minimum absolute atomic E-state index is 0.0470. The Balaban J connectivity index is 0.000000146. The van der Waals surface area contributed by atoms with E-state index in [4.69, 9.17) is 19.9 Å². The van der Waals surface area contributed by atoms with Gasteiger partial charge in [-0.3, -0.25) is 9.97 Å². The van der Waals surface area contributed by atoms with E-state index in [-0.39, 0.29) is 5.41 Å². The van der Waals surface area contributed by atoms with Gasteiger partial charge in [0.05, 0.1) is 22.8 Å². The number of aromatic nitrogens is 6. The van der Waals surface area contributed by atoms with Gasteiger partial charge in [0.15, 0.2) is 11.6 Å². The molecular formula is C103H68N6S2. The van der Waals surface area contributed by atoms with Crippen molar-refractivity contribution in [2.45, 2.75) is 19.3 Å². The molecule has 1 aliphatic rings. The highest BCUT2D eigenvalue weighted by Gasteiger charge is 2.35. The van der Waals surface area contributed by atoms with Crippen LogP contribution in [0.5, 0.6) is 0 Å². The first-order valence-corrected chi connectivity index (χ1v) is 39.1. The van der Waals surface area contributed by atoms with Crippen molar-refractivity contribution in [1.82, 2.24) is 29.9 Å². The summed E-state index contributed by atoms with van der Waals surface area (Å²) in [6.07, 6.45) is 7.38. The van der Waals surface area contributed by atoms with Gasteiger partial charge in [0.25, 0.3) is 0 Å². The summed E-state index contributed by atoms with van der Waals surface area (Å²) in [6.45, 7) is 4.67. The molecule has 0 radical (unpaired) electrons. The molecule has 522 valence electrons. The first-order valence-electron chi connectivity index (χ1n) is 37.5. The molecule has 0 fully saturated rings. The molecule has 0 unspecified atom stereocenters. The van der Waals surface area contributed by atoms with E-state index in [1.54, 1.807) is 12.4 Å². The number of thiophene rings is 2. The summed E-state index contributed by atoms with van der Waals surface area (Å²) in [5.74, 6) is 1.37. The highest BCUT2D eigenvalue weighted by Crippen LogP contribution is 2.50. The van der Waals surface area contributed by atoms with Crippen molar-refractivity contribution in [1.29, 1.82) is 0 Å². The molecule has 20 aromatic rings. The monoisotopic (exact) mass is 1450 g/mol. The predicted octanol–water partition coefficient (Wildman–Crippen LogP) is 27.9. The average Bonchev–Trinajstić information content (AvgIpc) is 1.58. The zero-order valence-corrected chi connectivity index (χ0v) is 62.4. The SMILES string of the molecule is CC1(C)c2ccccc2-c2ccc(-c3ccc(-c4cc(-c5ccc(-c6ccc7sc8ccccc8c7c6)cc5)nc(-c5cccc(-c6cccnc6)c5)n4)cc3)cc21.c1cncc(-c2ccc(-c3nc(-c4ccc(-c5ccc6sc7ccccc7c6c5)cc4)cc(-c4ccc(-c5cccc6ccccc56)cc4)n3)cc2)c1. The molecule has 0 spiro atoms. The Hall–Kier alpha value is -13.8. The highest BCUT2D eigenvalue weighted by atomic mass is 32.1. The third-order valence-electron chi connectivity index (χ3n) is 21.9. The van der Waals surface area contributed by atoms with Crippen LogP contribution in [0, 0.1) is 0 Å². The molecule has 6 heterocycles. The molecule has 6 aromatic heterocycles. The summed E-state index contributed by atoms with van der Waals surface area (Å²) in [5, 5.41) is 7.71. The van der Waals surface area contributed by atoms with E-state index in [1.165, 1.54) is 118 Å². The minimum atomic E-state index is -0.0470. The summed E-state index contributed by atoms with van der Waals surface area (Å²) >= 11 is 3.69. The van der Waals surface area contributed by atoms with Gasteiger partial charge in [-0.1, -0.05) is 293 Å². The van der Waals surface area contributed by atoms with Crippen molar-refractivity contribution in [3.05, 3.63) is 388 Å². The summed E-state index contributed by atoms with van der Waals surface area (Å²) in [4.78, 5) is 29.4. The Bertz CT molecular complexity index is 6930. The molecule has 8 heteroatoms. The standard InChI is InChI=1S/C54H37N3S.C49H31N3S/c1-54(2)47-14-5-3-12-43(47)44-26-24-40(31-48(44)54)35-18-22-37(23-19-35)50-32-49(56-53(57-50)41-10-7-9-38(29-41)42-11-8-28-55-33-42)36-20-16-34(17-21-36)39-25-27-52-46(30-39)45-13-4-6-15-51(45)58-52;1-2-10-41-34(7-1)8-5-12-42(41)35-18-22-37(23-19-35)46-30-45(51-49(52-46)38-24-16-33(17-25-38)40-9-6-28-50-31-40)36-20-14-32(15-21-36)39-26-27-48-44(29-39)43-11-3-4-13-47(43)53-48/h3-33H,1-2H3;1-31H.